The molecule has 0 rings (SSSR count). The van der Waals surface area contributed by atoms with Crippen LogP contribution in [0.3, 0.4) is 0 Å². The molecule has 0 aliphatic heterocycles. The van der Waals surface area contributed by atoms with E-state index >= 15 is 0 Å². The summed E-state index contributed by atoms with van der Waals surface area (Å²) in [4.78, 5) is 0. The van der Waals surface area contributed by atoms with Gasteiger partial charge in [0.25, 0.3) is 0 Å². The summed E-state index contributed by atoms with van der Waals surface area (Å²) < 4.78 is 0. The van der Waals surface area contributed by atoms with E-state index in [0.29, 0.717) is 0 Å². The van der Waals surface area contributed by atoms with Gasteiger partial charge >= 0.3 is 0 Å². The topological polar surface area (TPSA) is 0 Å². The molecule has 0 bridgehead atoms. The number of hydrogen-bond acceptors (Lipinski definition) is 0. The Morgan fingerprint density at radius 3 is 2.33 bits per heavy atom. The normalized spacial score (nSPS) is 8.44. The van der Waals surface area contributed by atoms with Crippen molar-refractivity contribution < 1.29 is 0 Å². The lowest BCUT2D eigenvalue weighted by molar-refractivity contribution is 1.42. The van der Waals surface area contributed by atoms with Crippen LogP contribution in [0.2, 0.25) is 12.6 Å². The van der Waals surface area contributed by atoms with Gasteiger partial charge in [0, 0.05) is 37.2 Å². The van der Waals surface area contributed by atoms with Crippen molar-refractivity contribution in [1.29, 1.82) is 0 Å². The van der Waals surface area contributed by atoms with E-state index in [1.807, 2.05) is 6.92 Å². The van der Waals surface area contributed by atoms with E-state index in [1.165, 1.54) is 6.32 Å². The summed E-state index contributed by atoms with van der Waals surface area (Å²) in [5.74, 6) is 0. The second-order valence-corrected chi connectivity index (χ2v) is 1.50. The third kappa shape index (κ3) is 17.6. The highest BCUT2D eigenvalue weighted by molar-refractivity contribution is 15.0. The van der Waals surface area contributed by atoms with Crippen LogP contribution in [0.1, 0.15) is 13.8 Å². The molecule has 0 aliphatic rings. The fourth-order valence-corrected chi connectivity index (χ4v) is 0.399. The lowest BCUT2D eigenvalue weighted by Gasteiger charge is -1.80. The summed E-state index contributed by atoms with van der Waals surface area (Å²) >= 11 is 4.24. The van der Waals surface area contributed by atoms with Gasteiger partial charge in [-0.1, -0.05) is 31.7 Å². The van der Waals surface area contributed by atoms with Crippen LogP contribution in [0.5, 0.6) is 0 Å². The number of halogens is 2. The average molecular weight is 349 g/mol. The predicted octanol–water partition coefficient (Wildman–Crippen LogP) is 3.89. The van der Waals surface area contributed by atoms with E-state index in [0.717, 1.165) is 6.32 Å². The van der Waals surface area contributed by atoms with Crippen LogP contribution in [0, 0.1) is 0 Å². The molecule has 53 valence electrons. The standard InChI is InChI=1S/C6H12B.I2/c1-3-5-6-7-4-2;1-2/h3,5H,4,6H2,1-2H3;. The Morgan fingerprint density at radius 2 is 2.00 bits per heavy atom. The number of hydrogen-bond donors (Lipinski definition) is 0. The van der Waals surface area contributed by atoms with Crippen molar-refractivity contribution in [2.24, 2.45) is 0 Å². The van der Waals surface area contributed by atoms with Crippen molar-refractivity contribution in [2.45, 2.75) is 26.5 Å². The largest absolute Gasteiger partial charge is 0.114 e. The van der Waals surface area contributed by atoms with Gasteiger partial charge in [0.15, 0.2) is 0 Å². The molecule has 0 N–H and O–H groups in total. The van der Waals surface area contributed by atoms with Crippen molar-refractivity contribution in [3.8, 4) is 0 Å². The van der Waals surface area contributed by atoms with Crippen molar-refractivity contribution >= 4 is 44.5 Å². The van der Waals surface area contributed by atoms with Crippen molar-refractivity contribution in [1.82, 2.24) is 0 Å². The van der Waals surface area contributed by atoms with E-state index in [4.69, 9.17) is 0 Å². The molecule has 0 aromatic heterocycles. The molecule has 0 atom stereocenters. The minimum Gasteiger partial charge on any atom is -0.0967 e. The Bertz CT molecular complexity index is 55.0. The van der Waals surface area contributed by atoms with Crippen LogP contribution in [0.15, 0.2) is 12.2 Å². The maximum Gasteiger partial charge on any atom is 0.114 e. The van der Waals surface area contributed by atoms with Crippen LogP contribution in [-0.4, -0.2) is 7.28 Å². The van der Waals surface area contributed by atoms with Crippen LogP contribution in [0.4, 0.5) is 0 Å². The molecule has 0 amide bonds. The van der Waals surface area contributed by atoms with Gasteiger partial charge in [-0.3, -0.25) is 0 Å². The zero-order valence-corrected chi connectivity index (χ0v) is 10.2. The smallest absolute Gasteiger partial charge is 0.0967 e. The summed E-state index contributed by atoms with van der Waals surface area (Å²) in [7, 11) is 2.25. The SMILES string of the molecule is CC=CC[B]CC.II. The fraction of sp³-hybridized carbons (Fsp3) is 0.667. The van der Waals surface area contributed by atoms with Crippen LogP contribution < -0.4 is 0 Å². The van der Waals surface area contributed by atoms with Crippen molar-refractivity contribution in [3.63, 3.8) is 0 Å². The average Bonchev–Trinajstić information content (AvgIpc) is 1.94. The second-order valence-electron chi connectivity index (χ2n) is 1.50. The Hall–Kier alpha value is 1.26. The van der Waals surface area contributed by atoms with E-state index < -0.39 is 0 Å². The first-order valence-corrected chi connectivity index (χ1v) is 9.27. The van der Waals surface area contributed by atoms with Crippen LogP contribution in [-0.2, 0) is 0 Å². The monoisotopic (exact) mass is 349 g/mol. The molecule has 0 aromatic rings. The molecule has 0 heterocycles. The second kappa shape index (κ2) is 16.1. The molecule has 0 saturated carbocycles. The summed E-state index contributed by atoms with van der Waals surface area (Å²) in [5.41, 5.74) is 0. The fourth-order valence-electron chi connectivity index (χ4n) is 0.399. The maximum atomic E-state index is 2.25. The minimum absolute atomic E-state index is 1.13. The molecule has 1 radical (unpaired) electrons. The number of rotatable bonds is 3. The molecule has 0 unspecified atom stereocenters. The van der Waals surface area contributed by atoms with E-state index in [1.54, 1.807) is 0 Å². The van der Waals surface area contributed by atoms with Gasteiger partial charge < -0.3 is 0 Å². The first-order valence-electron chi connectivity index (χ1n) is 2.99. The number of allylic oxidation sites excluding steroid dienone is 2. The Kier molecular flexibility index (Phi) is 23.1. The zero-order chi connectivity index (χ0) is 7.54. The third-order valence-corrected chi connectivity index (χ3v) is 0.827. The zero-order valence-electron chi connectivity index (χ0n) is 5.90. The van der Waals surface area contributed by atoms with Gasteiger partial charge in [0.05, 0.1) is 0 Å². The molecule has 0 nitrogen and oxygen atoms in total. The third-order valence-electron chi connectivity index (χ3n) is 0.827. The lowest BCUT2D eigenvalue weighted by atomic mass is 9.72. The van der Waals surface area contributed by atoms with E-state index in [9.17, 15) is 0 Å². The van der Waals surface area contributed by atoms with Gasteiger partial charge in [-0.15, -0.1) is 0 Å². The highest BCUT2D eigenvalue weighted by Crippen LogP contribution is 1.89. The summed E-state index contributed by atoms with van der Waals surface area (Å²) in [6.07, 6.45) is 6.55. The Morgan fingerprint density at radius 1 is 1.44 bits per heavy atom. The molecule has 0 aliphatic carbocycles. The highest BCUT2D eigenvalue weighted by atomic mass is 128. The quantitative estimate of drug-likeness (QED) is 0.314. The molecule has 0 aromatic carbocycles. The molecule has 9 heavy (non-hydrogen) atoms. The predicted molar refractivity (Wildman–Crippen MR) is 63.9 cm³/mol. The van der Waals surface area contributed by atoms with Gasteiger partial charge in [-0.2, -0.15) is 0 Å². The van der Waals surface area contributed by atoms with E-state index in [-0.39, 0.29) is 0 Å². The summed E-state index contributed by atoms with van der Waals surface area (Å²) in [6, 6.07) is 0. The first-order chi connectivity index (χ1) is 4.41. The van der Waals surface area contributed by atoms with Gasteiger partial charge in [0.1, 0.15) is 7.28 Å². The molecule has 0 saturated heterocycles. The molecular formula is C6H12BI2. The van der Waals surface area contributed by atoms with Crippen molar-refractivity contribution in [2.75, 3.05) is 0 Å². The maximum absolute atomic E-state index is 2.25. The summed E-state index contributed by atoms with van der Waals surface area (Å²) in [5, 5.41) is 0. The molecule has 3 heteroatoms. The molecule has 0 spiro atoms. The van der Waals surface area contributed by atoms with Crippen LogP contribution in [0.25, 0.3) is 0 Å². The van der Waals surface area contributed by atoms with Gasteiger partial charge in [-0.05, 0) is 6.92 Å². The molecular weight excluding hydrogens is 337 g/mol. The summed E-state index contributed by atoms with van der Waals surface area (Å²) in [6.45, 7) is 4.20. The van der Waals surface area contributed by atoms with Crippen LogP contribution >= 0.6 is 37.2 Å². The minimum atomic E-state index is 1.13. The first kappa shape index (κ1) is 12.9. The highest BCUT2D eigenvalue weighted by Gasteiger charge is 1.76. The lowest BCUT2D eigenvalue weighted by Crippen LogP contribution is -1.78. The van der Waals surface area contributed by atoms with Crippen molar-refractivity contribution in [3.05, 3.63) is 12.2 Å². The van der Waals surface area contributed by atoms with Gasteiger partial charge in [-0.25, -0.2) is 0 Å². The van der Waals surface area contributed by atoms with Gasteiger partial charge in [0.2, 0.25) is 0 Å². The Labute approximate surface area is 82.4 Å². The van der Waals surface area contributed by atoms with E-state index in [2.05, 4.69) is 63.6 Å². The Balaban J connectivity index is 0. The molecule has 0 fully saturated rings.